The lowest BCUT2D eigenvalue weighted by Gasteiger charge is -2.37. The number of halogens is 2. The average molecular weight is 217 g/mol. The van der Waals surface area contributed by atoms with Crippen molar-refractivity contribution in [1.29, 1.82) is 0 Å². The minimum Gasteiger partial charge on any atom is -0.389 e. The minimum absolute atomic E-state index is 0.300. The number of β-amino-alcohol motifs (C(OH)–C–C–N with tert-alkyl or cyclic N) is 1. The van der Waals surface area contributed by atoms with Gasteiger partial charge in [0.05, 0.1) is 18.1 Å². The van der Waals surface area contributed by atoms with E-state index in [9.17, 15) is 19.0 Å². The Labute approximate surface area is 86.5 Å². The van der Waals surface area contributed by atoms with Crippen LogP contribution in [0.3, 0.4) is 0 Å². The second-order valence-corrected chi connectivity index (χ2v) is 4.16. The van der Waals surface area contributed by atoms with Crippen LogP contribution >= 0.6 is 0 Å². The van der Waals surface area contributed by atoms with Gasteiger partial charge in [-0.25, -0.2) is 0 Å². The highest BCUT2D eigenvalue weighted by Gasteiger charge is 2.55. The molecule has 0 unspecified atom stereocenters. The first kappa shape index (κ1) is 10.8. The third kappa shape index (κ3) is 1.98. The number of piperidine rings is 1. The van der Waals surface area contributed by atoms with E-state index in [-0.39, 0.29) is 5.54 Å². The van der Waals surface area contributed by atoms with E-state index in [0.29, 0.717) is 6.54 Å². The van der Waals surface area contributed by atoms with E-state index in [4.69, 9.17) is 0 Å². The van der Waals surface area contributed by atoms with Crippen LogP contribution in [-0.2, 0) is 0 Å². The lowest BCUT2D eigenvalue weighted by atomic mass is 9.85. The zero-order chi connectivity index (χ0) is 11.1. The Hall–Kier alpha value is -0.700. The van der Waals surface area contributed by atoms with Crippen LogP contribution in [0.25, 0.3) is 0 Å². The van der Waals surface area contributed by atoms with Gasteiger partial charge in [0, 0.05) is 12.1 Å². The number of rotatable bonds is 0. The van der Waals surface area contributed by atoms with Gasteiger partial charge in [0.2, 0.25) is 0 Å². The molecule has 0 aromatic rings. The third-order valence-electron chi connectivity index (χ3n) is 3.13. The molecule has 1 saturated carbocycles. The van der Waals surface area contributed by atoms with Crippen molar-refractivity contribution in [2.24, 2.45) is 5.92 Å². The van der Waals surface area contributed by atoms with E-state index >= 15 is 0 Å². The molecule has 0 amide bonds. The fraction of sp³-hybridized carbons (Fsp3) is 0.800. The Kier molecular flexibility index (Phi) is 2.67. The van der Waals surface area contributed by atoms with Crippen molar-refractivity contribution in [3.63, 3.8) is 0 Å². The van der Waals surface area contributed by atoms with Crippen LogP contribution in [0.2, 0.25) is 0 Å². The van der Waals surface area contributed by atoms with E-state index in [1.54, 1.807) is 5.92 Å². The molecule has 3 nitrogen and oxygen atoms in total. The van der Waals surface area contributed by atoms with Crippen molar-refractivity contribution in [3.8, 4) is 11.8 Å². The number of hydrogen-bond acceptors (Lipinski definition) is 3. The van der Waals surface area contributed by atoms with Gasteiger partial charge in [0.25, 0.3) is 6.43 Å². The van der Waals surface area contributed by atoms with Gasteiger partial charge >= 0.3 is 0 Å². The van der Waals surface area contributed by atoms with Crippen molar-refractivity contribution < 1.29 is 19.0 Å². The summed E-state index contributed by atoms with van der Waals surface area (Å²) in [6.45, 7) is 0.300. The molecule has 0 radical (unpaired) electrons. The number of nitrogens with one attached hydrogen (secondary N) is 1. The Bertz CT molecular complexity index is 306. The summed E-state index contributed by atoms with van der Waals surface area (Å²) in [5.41, 5.74) is -0.333. The van der Waals surface area contributed by atoms with Crippen LogP contribution in [0.1, 0.15) is 12.8 Å². The molecule has 0 aromatic heterocycles. The van der Waals surface area contributed by atoms with Crippen molar-refractivity contribution in [1.82, 2.24) is 5.32 Å². The van der Waals surface area contributed by atoms with Gasteiger partial charge in [-0.05, 0) is 18.8 Å². The molecule has 1 heterocycles. The lowest BCUT2D eigenvalue weighted by Crippen LogP contribution is -2.57. The molecule has 2 rings (SSSR count). The maximum atomic E-state index is 11.9. The predicted molar refractivity (Wildman–Crippen MR) is 49.3 cm³/mol. The first-order chi connectivity index (χ1) is 7.05. The summed E-state index contributed by atoms with van der Waals surface area (Å²) in [7, 11) is 0. The topological polar surface area (TPSA) is 52.5 Å². The van der Waals surface area contributed by atoms with E-state index in [2.05, 4.69) is 11.2 Å². The van der Waals surface area contributed by atoms with Crippen molar-refractivity contribution in [2.45, 2.75) is 37.0 Å². The summed E-state index contributed by atoms with van der Waals surface area (Å²) in [5, 5.41) is 22.2. The van der Waals surface area contributed by atoms with Crippen LogP contribution in [-0.4, -0.2) is 40.9 Å². The third-order valence-corrected chi connectivity index (χ3v) is 3.13. The number of hydrogen-bond donors (Lipinski definition) is 3. The van der Waals surface area contributed by atoms with Crippen LogP contribution in [0.15, 0.2) is 0 Å². The molecule has 2 aliphatic rings. The SMILES string of the molecule is O[C@H]1[C@H](O)CNC2(CC2)[C@@H]1C#CC(F)F. The molecule has 0 bridgehead atoms. The van der Waals surface area contributed by atoms with E-state index in [0.717, 1.165) is 12.8 Å². The van der Waals surface area contributed by atoms with Gasteiger partial charge in [0.15, 0.2) is 0 Å². The van der Waals surface area contributed by atoms with Crippen molar-refractivity contribution in [2.75, 3.05) is 6.54 Å². The summed E-state index contributed by atoms with van der Waals surface area (Å²) in [4.78, 5) is 0. The normalized spacial score (nSPS) is 37.5. The smallest absolute Gasteiger partial charge is 0.298 e. The largest absolute Gasteiger partial charge is 0.389 e. The maximum Gasteiger partial charge on any atom is 0.298 e. The first-order valence-electron chi connectivity index (χ1n) is 4.95. The van der Waals surface area contributed by atoms with Gasteiger partial charge in [0.1, 0.15) is 0 Å². The standard InChI is InChI=1S/C10H13F2NO2/c11-8(12)2-1-6-9(15)7(14)5-13-10(6)3-4-10/h6-9,13-15H,3-5H2/t6-,7-,9-/m1/s1. The molecular weight excluding hydrogens is 204 g/mol. The monoisotopic (exact) mass is 217 g/mol. The van der Waals surface area contributed by atoms with E-state index in [1.807, 2.05) is 0 Å². The molecule has 0 aromatic carbocycles. The Morgan fingerprint density at radius 1 is 1.33 bits per heavy atom. The Balaban J connectivity index is 2.15. The summed E-state index contributed by atoms with van der Waals surface area (Å²) in [5.74, 6) is 3.56. The molecule has 15 heavy (non-hydrogen) atoms. The quantitative estimate of drug-likeness (QED) is 0.489. The molecule has 3 N–H and O–H groups in total. The number of aliphatic hydroxyl groups is 2. The highest BCUT2D eigenvalue weighted by Crippen LogP contribution is 2.46. The number of alkyl halides is 2. The van der Waals surface area contributed by atoms with Crippen LogP contribution < -0.4 is 5.32 Å². The van der Waals surface area contributed by atoms with E-state index in [1.165, 1.54) is 0 Å². The minimum atomic E-state index is -2.69. The first-order valence-corrected chi connectivity index (χ1v) is 4.95. The molecule has 84 valence electrons. The predicted octanol–water partition coefficient (Wildman–Crippen LogP) is -0.271. The lowest BCUT2D eigenvalue weighted by molar-refractivity contribution is -0.0394. The summed E-state index contributed by atoms with van der Waals surface area (Å²) in [6, 6.07) is 0. The zero-order valence-corrected chi connectivity index (χ0v) is 8.08. The molecule has 3 atom stereocenters. The average Bonchev–Trinajstić information content (AvgIpc) is 2.93. The molecular formula is C10H13F2NO2. The van der Waals surface area contributed by atoms with Gasteiger partial charge in [-0.2, -0.15) is 8.78 Å². The highest BCUT2D eigenvalue weighted by molar-refractivity contribution is 5.24. The summed E-state index contributed by atoms with van der Waals surface area (Å²) >= 11 is 0. The second kappa shape index (κ2) is 3.71. The Morgan fingerprint density at radius 2 is 2.00 bits per heavy atom. The molecule has 1 spiro atoms. The van der Waals surface area contributed by atoms with Crippen LogP contribution in [0.5, 0.6) is 0 Å². The second-order valence-electron chi connectivity index (χ2n) is 4.16. The molecule has 2 fully saturated rings. The van der Waals surface area contributed by atoms with Gasteiger partial charge in [-0.15, -0.1) is 0 Å². The summed E-state index contributed by atoms with van der Waals surface area (Å²) < 4.78 is 23.9. The van der Waals surface area contributed by atoms with Crippen molar-refractivity contribution >= 4 is 0 Å². The van der Waals surface area contributed by atoms with Crippen LogP contribution in [0.4, 0.5) is 8.78 Å². The maximum absolute atomic E-state index is 11.9. The summed E-state index contributed by atoms with van der Waals surface area (Å²) in [6.07, 6.45) is -3.00. The fourth-order valence-electron chi connectivity index (χ4n) is 2.09. The molecule has 1 saturated heterocycles. The van der Waals surface area contributed by atoms with Gasteiger partial charge in [-0.1, -0.05) is 5.92 Å². The molecule has 1 aliphatic heterocycles. The van der Waals surface area contributed by atoms with Crippen LogP contribution in [0, 0.1) is 17.8 Å². The Morgan fingerprint density at radius 3 is 2.53 bits per heavy atom. The highest BCUT2D eigenvalue weighted by atomic mass is 19.3. The van der Waals surface area contributed by atoms with Crippen molar-refractivity contribution in [3.05, 3.63) is 0 Å². The van der Waals surface area contributed by atoms with Gasteiger partial charge < -0.3 is 15.5 Å². The molecule has 1 aliphatic carbocycles. The zero-order valence-electron chi connectivity index (χ0n) is 8.08. The van der Waals surface area contributed by atoms with Gasteiger partial charge in [-0.3, -0.25) is 0 Å². The van der Waals surface area contributed by atoms with E-state index < -0.39 is 24.6 Å². The number of aliphatic hydroxyl groups excluding tert-OH is 2. The molecule has 5 heteroatoms. The fourth-order valence-corrected chi connectivity index (χ4v) is 2.09.